The zero-order valence-corrected chi connectivity index (χ0v) is 10.8. The number of rotatable bonds is 4. The van der Waals surface area contributed by atoms with E-state index in [0.717, 1.165) is 10.5 Å². The van der Waals surface area contributed by atoms with Crippen LogP contribution in [0.4, 0.5) is 0 Å². The van der Waals surface area contributed by atoms with Gasteiger partial charge >= 0.3 is 0 Å². The third kappa shape index (κ3) is 2.06. The summed E-state index contributed by atoms with van der Waals surface area (Å²) in [5, 5.41) is 0. The van der Waals surface area contributed by atoms with E-state index in [9.17, 15) is 0 Å². The minimum absolute atomic E-state index is 0.0583. The second-order valence-corrected chi connectivity index (χ2v) is 4.39. The van der Waals surface area contributed by atoms with Crippen LogP contribution in [0.3, 0.4) is 0 Å². The predicted octanol–water partition coefficient (Wildman–Crippen LogP) is 1.89. The van der Waals surface area contributed by atoms with Crippen LogP contribution in [0.1, 0.15) is 47.5 Å². The van der Waals surface area contributed by atoms with E-state index in [1.165, 1.54) is 12.8 Å². The minimum atomic E-state index is 0.0583. The molecule has 0 heterocycles. The van der Waals surface area contributed by atoms with E-state index < -0.39 is 0 Å². The summed E-state index contributed by atoms with van der Waals surface area (Å²) >= 11 is 0. The smallest absolute Gasteiger partial charge is 0.146 e. The van der Waals surface area contributed by atoms with Crippen LogP contribution in [0.15, 0.2) is 0 Å². The standard InChI is InChI=1S/C9H22OSi/c1-6-9(5,7-2)8(3,4)10-11/h6-7H2,1-5,11H3. The Morgan fingerprint density at radius 2 is 1.45 bits per heavy atom. The molecule has 0 rings (SSSR count). The third-order valence-corrected chi connectivity index (χ3v) is 4.55. The Morgan fingerprint density at radius 1 is 1.09 bits per heavy atom. The van der Waals surface area contributed by atoms with Crippen molar-refractivity contribution in [2.45, 2.75) is 53.1 Å². The fraction of sp³-hybridized carbons (Fsp3) is 1.00. The Hall–Kier alpha value is 0.177. The van der Waals surface area contributed by atoms with E-state index in [1.807, 2.05) is 0 Å². The van der Waals surface area contributed by atoms with E-state index in [2.05, 4.69) is 34.6 Å². The molecule has 0 unspecified atom stereocenters. The molecule has 0 aliphatic carbocycles. The van der Waals surface area contributed by atoms with Crippen LogP contribution in [0.5, 0.6) is 0 Å². The number of hydrogen-bond donors (Lipinski definition) is 0. The largest absolute Gasteiger partial charge is 0.422 e. The lowest BCUT2D eigenvalue weighted by Gasteiger charge is -2.43. The molecule has 0 amide bonds. The van der Waals surface area contributed by atoms with Gasteiger partial charge in [-0.25, -0.2) is 0 Å². The molecule has 0 N–H and O–H groups in total. The second-order valence-electron chi connectivity index (χ2n) is 3.98. The molecule has 0 bridgehead atoms. The van der Waals surface area contributed by atoms with Crippen LogP contribution >= 0.6 is 0 Å². The Kier molecular flexibility index (Phi) is 3.78. The maximum Gasteiger partial charge on any atom is 0.146 e. The molecule has 0 spiro atoms. The summed E-state index contributed by atoms with van der Waals surface area (Å²) < 4.78 is 5.62. The van der Waals surface area contributed by atoms with Gasteiger partial charge in [-0.05, 0) is 32.1 Å². The molecular weight excluding hydrogens is 152 g/mol. The van der Waals surface area contributed by atoms with Crippen molar-refractivity contribution >= 4 is 10.5 Å². The summed E-state index contributed by atoms with van der Waals surface area (Å²) in [5.74, 6) is 0. The topological polar surface area (TPSA) is 9.23 Å². The average molecular weight is 174 g/mol. The van der Waals surface area contributed by atoms with E-state index in [1.54, 1.807) is 0 Å². The molecule has 0 aromatic carbocycles. The van der Waals surface area contributed by atoms with Gasteiger partial charge in [0.1, 0.15) is 10.5 Å². The molecule has 0 aliphatic heterocycles. The zero-order valence-electron chi connectivity index (χ0n) is 8.82. The highest BCUT2D eigenvalue weighted by Gasteiger charge is 2.37. The Balaban J connectivity index is 4.47. The van der Waals surface area contributed by atoms with Crippen molar-refractivity contribution < 1.29 is 4.43 Å². The van der Waals surface area contributed by atoms with Crippen molar-refractivity contribution in [3.05, 3.63) is 0 Å². The molecule has 0 radical (unpaired) electrons. The van der Waals surface area contributed by atoms with Gasteiger partial charge in [-0.3, -0.25) is 0 Å². The minimum Gasteiger partial charge on any atom is -0.422 e. The summed E-state index contributed by atoms with van der Waals surface area (Å²) in [6, 6.07) is 0. The van der Waals surface area contributed by atoms with Gasteiger partial charge in [0.05, 0.1) is 5.60 Å². The van der Waals surface area contributed by atoms with E-state index in [4.69, 9.17) is 4.43 Å². The summed E-state index contributed by atoms with van der Waals surface area (Å²) in [7, 11) is 0.837. The molecule has 2 heteroatoms. The van der Waals surface area contributed by atoms with Crippen LogP contribution in [-0.2, 0) is 4.43 Å². The van der Waals surface area contributed by atoms with Gasteiger partial charge in [0.25, 0.3) is 0 Å². The summed E-state index contributed by atoms with van der Waals surface area (Å²) in [5.41, 5.74) is 0.400. The highest BCUT2D eigenvalue weighted by Crippen LogP contribution is 2.39. The second kappa shape index (κ2) is 3.72. The highest BCUT2D eigenvalue weighted by molar-refractivity contribution is 5.98. The summed E-state index contributed by atoms with van der Waals surface area (Å²) in [6.45, 7) is 11.2. The highest BCUT2D eigenvalue weighted by atomic mass is 28.2. The molecule has 0 saturated carbocycles. The Morgan fingerprint density at radius 3 is 1.55 bits per heavy atom. The van der Waals surface area contributed by atoms with Crippen molar-refractivity contribution in [1.29, 1.82) is 0 Å². The molecule has 0 aliphatic rings. The SMILES string of the molecule is CCC(C)(CC)C(C)(C)O[SiH3]. The van der Waals surface area contributed by atoms with Gasteiger partial charge in [0.15, 0.2) is 0 Å². The van der Waals surface area contributed by atoms with Gasteiger partial charge in [0, 0.05) is 0 Å². The molecule has 0 fully saturated rings. The Bertz CT molecular complexity index is 117. The van der Waals surface area contributed by atoms with Crippen molar-refractivity contribution in [2.24, 2.45) is 5.41 Å². The van der Waals surface area contributed by atoms with E-state index in [0.29, 0.717) is 5.41 Å². The number of hydrogen-bond acceptors (Lipinski definition) is 1. The van der Waals surface area contributed by atoms with Gasteiger partial charge in [-0.1, -0.05) is 20.8 Å². The normalized spacial score (nSPS) is 13.9. The molecule has 0 aromatic rings. The van der Waals surface area contributed by atoms with Gasteiger partial charge in [-0.2, -0.15) is 0 Å². The zero-order chi connectivity index (χ0) is 9.12. The fourth-order valence-corrected chi connectivity index (χ4v) is 1.84. The van der Waals surface area contributed by atoms with Crippen molar-refractivity contribution in [1.82, 2.24) is 0 Å². The molecule has 1 nitrogen and oxygen atoms in total. The fourth-order valence-electron chi connectivity index (χ4n) is 1.35. The molecule has 68 valence electrons. The van der Waals surface area contributed by atoms with E-state index >= 15 is 0 Å². The van der Waals surface area contributed by atoms with Gasteiger partial charge < -0.3 is 4.43 Å². The van der Waals surface area contributed by atoms with Gasteiger partial charge in [-0.15, -0.1) is 0 Å². The average Bonchev–Trinajstić information content (AvgIpc) is 2.02. The molecule has 0 atom stereocenters. The predicted molar refractivity (Wildman–Crippen MR) is 53.8 cm³/mol. The van der Waals surface area contributed by atoms with Crippen LogP contribution < -0.4 is 0 Å². The molecule has 11 heavy (non-hydrogen) atoms. The quantitative estimate of drug-likeness (QED) is 0.591. The molecular formula is C9H22OSi. The maximum absolute atomic E-state index is 5.62. The summed E-state index contributed by atoms with van der Waals surface area (Å²) in [4.78, 5) is 0. The molecule has 0 saturated heterocycles. The van der Waals surface area contributed by atoms with E-state index in [-0.39, 0.29) is 5.60 Å². The van der Waals surface area contributed by atoms with Crippen LogP contribution in [0, 0.1) is 5.41 Å². The van der Waals surface area contributed by atoms with Crippen LogP contribution in [-0.4, -0.2) is 16.1 Å². The van der Waals surface area contributed by atoms with Crippen LogP contribution in [0.25, 0.3) is 0 Å². The third-order valence-electron chi connectivity index (χ3n) is 3.52. The van der Waals surface area contributed by atoms with Crippen molar-refractivity contribution in [3.63, 3.8) is 0 Å². The van der Waals surface area contributed by atoms with Crippen LogP contribution in [0.2, 0.25) is 0 Å². The first kappa shape index (κ1) is 11.2. The summed E-state index contributed by atoms with van der Waals surface area (Å²) in [6.07, 6.45) is 2.39. The van der Waals surface area contributed by atoms with Crippen molar-refractivity contribution in [3.8, 4) is 0 Å². The first-order chi connectivity index (χ1) is 4.93. The maximum atomic E-state index is 5.62. The first-order valence-corrected chi connectivity index (χ1v) is 5.30. The lowest BCUT2D eigenvalue weighted by molar-refractivity contribution is -0.0215. The van der Waals surface area contributed by atoms with Crippen molar-refractivity contribution in [2.75, 3.05) is 0 Å². The lowest BCUT2D eigenvalue weighted by atomic mass is 9.71. The molecule has 0 aromatic heterocycles. The first-order valence-electron chi connectivity index (χ1n) is 4.48. The lowest BCUT2D eigenvalue weighted by Crippen LogP contribution is -2.42. The monoisotopic (exact) mass is 174 g/mol. The Labute approximate surface area is 74.1 Å². The van der Waals surface area contributed by atoms with Gasteiger partial charge in [0.2, 0.25) is 0 Å².